The van der Waals surface area contributed by atoms with Crippen LogP contribution in [0.15, 0.2) is 12.1 Å². The summed E-state index contributed by atoms with van der Waals surface area (Å²) in [6, 6.07) is 3.12. The maximum absolute atomic E-state index is 12.2. The normalized spacial score (nSPS) is 11.0. The molecule has 2 N–H and O–H groups in total. The summed E-state index contributed by atoms with van der Waals surface area (Å²) in [5.74, 6) is -0.488. The molecule has 0 aromatic heterocycles. The topological polar surface area (TPSA) is 114 Å². The minimum absolute atomic E-state index is 0.126. The van der Waals surface area contributed by atoms with E-state index < -0.39 is 24.7 Å². The van der Waals surface area contributed by atoms with Crippen LogP contribution in [0.3, 0.4) is 0 Å². The van der Waals surface area contributed by atoms with E-state index in [2.05, 4.69) is 19.6 Å². The van der Waals surface area contributed by atoms with Crippen LogP contribution in [-0.2, 0) is 4.74 Å². The molecule has 128 valence electrons. The van der Waals surface area contributed by atoms with Crippen molar-refractivity contribution < 1.29 is 23.9 Å². The van der Waals surface area contributed by atoms with Gasteiger partial charge in [-0.3, -0.25) is 15.8 Å². The van der Waals surface area contributed by atoms with Crippen molar-refractivity contribution >= 4 is 19.7 Å². The molecule has 0 spiro atoms. The van der Waals surface area contributed by atoms with Crippen LogP contribution in [0.25, 0.3) is 0 Å². The van der Waals surface area contributed by atoms with Gasteiger partial charge in [0.15, 0.2) is 11.5 Å². The standard InChI is InChI=1S/C14H22N2O6Si/c1-20-12-8-11(16(18)19)10(7-13(12)22-9-15)14(17)21-5-6-23(2,3)4/h7-8H,5-6,9,15H2,1-4H3. The number of nitrogens with two attached hydrogens (primary N) is 1. The highest BCUT2D eigenvalue weighted by atomic mass is 28.3. The number of methoxy groups -OCH3 is 1. The summed E-state index contributed by atoms with van der Waals surface area (Å²) in [7, 11) is -0.0294. The summed E-state index contributed by atoms with van der Waals surface area (Å²) in [6.07, 6.45) is 0. The Balaban J connectivity index is 3.09. The van der Waals surface area contributed by atoms with Crippen LogP contribution in [0, 0.1) is 10.1 Å². The van der Waals surface area contributed by atoms with E-state index in [4.69, 9.17) is 19.9 Å². The van der Waals surface area contributed by atoms with Crippen molar-refractivity contribution in [1.82, 2.24) is 0 Å². The number of rotatable bonds is 8. The Kier molecular flexibility index (Phi) is 6.52. The van der Waals surface area contributed by atoms with E-state index in [1.807, 2.05) is 0 Å². The second-order valence-corrected chi connectivity index (χ2v) is 11.7. The summed E-state index contributed by atoms with van der Waals surface area (Å²) in [5.41, 5.74) is 4.73. The van der Waals surface area contributed by atoms with E-state index in [-0.39, 0.29) is 30.4 Å². The lowest BCUT2D eigenvalue weighted by molar-refractivity contribution is -0.385. The monoisotopic (exact) mass is 342 g/mol. The zero-order valence-corrected chi connectivity index (χ0v) is 14.8. The number of ether oxygens (including phenoxy) is 3. The number of carbonyl (C=O) groups is 1. The average molecular weight is 342 g/mol. The number of nitro benzene ring substituents is 1. The van der Waals surface area contributed by atoms with Crippen molar-refractivity contribution in [2.24, 2.45) is 5.73 Å². The molecular weight excluding hydrogens is 320 g/mol. The van der Waals surface area contributed by atoms with E-state index in [9.17, 15) is 14.9 Å². The van der Waals surface area contributed by atoms with Gasteiger partial charge in [-0.05, 0) is 6.04 Å². The molecule has 0 fully saturated rings. The van der Waals surface area contributed by atoms with Crippen molar-refractivity contribution in [1.29, 1.82) is 0 Å². The molecule has 0 atom stereocenters. The molecule has 8 nitrogen and oxygen atoms in total. The van der Waals surface area contributed by atoms with E-state index >= 15 is 0 Å². The molecule has 23 heavy (non-hydrogen) atoms. The quantitative estimate of drug-likeness (QED) is 0.254. The van der Waals surface area contributed by atoms with Gasteiger partial charge in [-0.15, -0.1) is 0 Å². The van der Waals surface area contributed by atoms with Crippen LogP contribution >= 0.6 is 0 Å². The molecule has 0 aliphatic rings. The molecule has 0 saturated carbocycles. The Morgan fingerprint density at radius 1 is 1.30 bits per heavy atom. The zero-order valence-electron chi connectivity index (χ0n) is 13.8. The van der Waals surface area contributed by atoms with Gasteiger partial charge in [0.25, 0.3) is 5.69 Å². The Bertz CT molecular complexity index is 585. The first-order valence-electron chi connectivity index (χ1n) is 7.06. The van der Waals surface area contributed by atoms with Gasteiger partial charge in [0, 0.05) is 14.1 Å². The molecule has 0 bridgehead atoms. The molecule has 0 aliphatic carbocycles. The number of benzene rings is 1. The van der Waals surface area contributed by atoms with Gasteiger partial charge >= 0.3 is 5.97 Å². The first-order valence-corrected chi connectivity index (χ1v) is 10.8. The number of esters is 1. The Morgan fingerprint density at radius 2 is 1.96 bits per heavy atom. The maximum atomic E-state index is 12.2. The van der Waals surface area contributed by atoms with Crippen LogP contribution < -0.4 is 15.2 Å². The largest absolute Gasteiger partial charge is 0.493 e. The van der Waals surface area contributed by atoms with Crippen molar-refractivity contribution in [2.75, 3.05) is 20.4 Å². The first kappa shape index (κ1) is 18.9. The molecular formula is C14H22N2O6Si. The summed E-state index contributed by atoms with van der Waals surface area (Å²) in [6.45, 7) is 6.50. The van der Waals surface area contributed by atoms with Crippen LogP contribution in [0.4, 0.5) is 5.69 Å². The molecule has 1 rings (SSSR count). The fourth-order valence-corrected chi connectivity index (χ4v) is 2.47. The third kappa shape index (κ3) is 5.53. The van der Waals surface area contributed by atoms with Gasteiger partial charge < -0.3 is 14.2 Å². The summed E-state index contributed by atoms with van der Waals surface area (Å²) < 4.78 is 15.3. The van der Waals surface area contributed by atoms with Crippen LogP contribution in [0.2, 0.25) is 25.7 Å². The van der Waals surface area contributed by atoms with E-state index in [1.54, 1.807) is 0 Å². The highest BCUT2D eigenvalue weighted by Gasteiger charge is 2.26. The van der Waals surface area contributed by atoms with Crippen molar-refractivity contribution in [3.05, 3.63) is 27.8 Å². The fourth-order valence-electron chi connectivity index (χ4n) is 1.75. The van der Waals surface area contributed by atoms with Crippen LogP contribution in [0.1, 0.15) is 10.4 Å². The summed E-state index contributed by atoms with van der Waals surface area (Å²) in [4.78, 5) is 22.7. The van der Waals surface area contributed by atoms with Crippen LogP contribution in [-0.4, -0.2) is 39.4 Å². The lowest BCUT2D eigenvalue weighted by atomic mass is 10.1. The Hall–Kier alpha value is -2.13. The number of nitrogens with zero attached hydrogens (tertiary/aromatic N) is 1. The number of hydrogen-bond donors (Lipinski definition) is 1. The highest BCUT2D eigenvalue weighted by molar-refractivity contribution is 6.76. The average Bonchev–Trinajstić information content (AvgIpc) is 2.45. The summed E-state index contributed by atoms with van der Waals surface area (Å²) >= 11 is 0. The third-order valence-corrected chi connectivity index (χ3v) is 4.73. The van der Waals surface area contributed by atoms with E-state index in [0.717, 1.165) is 12.1 Å². The number of hydrogen-bond acceptors (Lipinski definition) is 7. The molecule has 1 aromatic carbocycles. The lowest BCUT2D eigenvalue weighted by Gasteiger charge is -2.15. The number of nitro groups is 1. The Labute approximate surface area is 135 Å². The first-order chi connectivity index (χ1) is 10.7. The van der Waals surface area contributed by atoms with Gasteiger partial charge in [-0.1, -0.05) is 19.6 Å². The number of carbonyl (C=O) groups excluding carboxylic acids is 1. The Morgan fingerprint density at radius 3 is 2.43 bits per heavy atom. The third-order valence-electron chi connectivity index (χ3n) is 3.02. The zero-order chi connectivity index (χ0) is 17.6. The molecule has 0 saturated heterocycles. The highest BCUT2D eigenvalue weighted by Crippen LogP contribution is 2.35. The second kappa shape index (κ2) is 7.93. The predicted octanol–water partition coefficient (Wildman–Crippen LogP) is 2.39. The lowest BCUT2D eigenvalue weighted by Crippen LogP contribution is -2.23. The van der Waals surface area contributed by atoms with Crippen molar-refractivity contribution in [2.45, 2.75) is 25.7 Å². The van der Waals surface area contributed by atoms with Gasteiger partial charge in [-0.2, -0.15) is 0 Å². The van der Waals surface area contributed by atoms with Crippen molar-refractivity contribution in [3.8, 4) is 11.5 Å². The van der Waals surface area contributed by atoms with E-state index in [1.165, 1.54) is 13.2 Å². The molecule has 0 amide bonds. The second-order valence-electron chi connectivity index (χ2n) is 6.03. The molecule has 0 heterocycles. The van der Waals surface area contributed by atoms with Gasteiger partial charge in [-0.25, -0.2) is 4.79 Å². The van der Waals surface area contributed by atoms with Gasteiger partial charge in [0.2, 0.25) is 0 Å². The molecule has 0 aliphatic heterocycles. The smallest absolute Gasteiger partial charge is 0.345 e. The van der Waals surface area contributed by atoms with Gasteiger partial charge in [0.05, 0.1) is 24.7 Å². The van der Waals surface area contributed by atoms with E-state index in [0.29, 0.717) is 0 Å². The summed E-state index contributed by atoms with van der Waals surface area (Å²) in [5, 5.41) is 11.2. The van der Waals surface area contributed by atoms with Gasteiger partial charge in [0.1, 0.15) is 12.3 Å². The molecule has 0 unspecified atom stereocenters. The minimum Gasteiger partial charge on any atom is -0.493 e. The maximum Gasteiger partial charge on any atom is 0.345 e. The van der Waals surface area contributed by atoms with Crippen molar-refractivity contribution in [3.63, 3.8) is 0 Å². The SMILES string of the molecule is COc1cc([N+](=O)[O-])c(C(=O)OCC[Si](C)(C)C)cc1OCN. The molecule has 0 radical (unpaired) electrons. The molecule has 9 heteroatoms. The minimum atomic E-state index is -1.37. The molecule has 1 aromatic rings. The fraction of sp³-hybridized carbons (Fsp3) is 0.500. The van der Waals surface area contributed by atoms with Crippen LogP contribution in [0.5, 0.6) is 11.5 Å². The predicted molar refractivity (Wildman–Crippen MR) is 87.8 cm³/mol.